The van der Waals surface area contributed by atoms with Gasteiger partial charge in [-0.2, -0.15) is 9.78 Å². The summed E-state index contributed by atoms with van der Waals surface area (Å²) in [6.07, 6.45) is 2.97. The number of H-pyrrole nitrogens is 1. The zero-order valence-electron chi connectivity index (χ0n) is 18.5. The van der Waals surface area contributed by atoms with Gasteiger partial charge in [0.25, 0.3) is 0 Å². The van der Waals surface area contributed by atoms with Crippen LogP contribution in [0.1, 0.15) is 37.1 Å². The van der Waals surface area contributed by atoms with E-state index in [-0.39, 0.29) is 24.2 Å². The zero-order valence-corrected chi connectivity index (χ0v) is 18.5. The smallest absolute Gasteiger partial charge is 0.242 e. The van der Waals surface area contributed by atoms with Gasteiger partial charge < -0.3 is 15.2 Å². The van der Waals surface area contributed by atoms with E-state index in [1.165, 1.54) is 12.7 Å². The Morgan fingerprint density at radius 1 is 1.15 bits per heavy atom. The molecule has 0 unspecified atom stereocenters. The lowest BCUT2D eigenvalue weighted by atomic mass is 9.70. The summed E-state index contributed by atoms with van der Waals surface area (Å²) >= 11 is 0. The third-order valence-corrected chi connectivity index (χ3v) is 6.39. The van der Waals surface area contributed by atoms with Gasteiger partial charge >= 0.3 is 0 Å². The van der Waals surface area contributed by atoms with E-state index in [0.717, 1.165) is 11.3 Å². The van der Waals surface area contributed by atoms with Gasteiger partial charge in [-0.15, -0.1) is 0 Å². The Morgan fingerprint density at radius 2 is 1.97 bits per heavy atom. The molecule has 6 rings (SSSR count). The average Bonchev–Trinajstić information content (AvgIpc) is 3.45. The normalized spacial score (nSPS) is 19.5. The zero-order chi connectivity index (χ0) is 22.9. The molecule has 1 atom stereocenters. The summed E-state index contributed by atoms with van der Waals surface area (Å²) in [4.78, 5) is 44.8. The maximum absolute atomic E-state index is 14.1. The van der Waals surface area contributed by atoms with Crippen LogP contribution in [0.3, 0.4) is 0 Å². The van der Waals surface area contributed by atoms with Crippen molar-refractivity contribution in [3.05, 3.63) is 53.7 Å². The van der Waals surface area contributed by atoms with Crippen molar-refractivity contribution in [3.8, 4) is 5.82 Å². The second-order valence-corrected chi connectivity index (χ2v) is 8.98. The van der Waals surface area contributed by atoms with Crippen molar-refractivity contribution in [2.75, 3.05) is 16.8 Å². The molecule has 0 fully saturated rings. The van der Waals surface area contributed by atoms with E-state index in [1.807, 2.05) is 36.1 Å². The number of carbonyl (C=O) groups excluding carboxylic acids is 2. The van der Waals surface area contributed by atoms with Gasteiger partial charge in [0.1, 0.15) is 23.1 Å². The number of aryl methyl sites for hydroxylation is 1. The summed E-state index contributed by atoms with van der Waals surface area (Å²) in [6.45, 7) is 6.59. The summed E-state index contributed by atoms with van der Waals surface area (Å²) in [5.41, 5.74) is 3.00. The Labute approximate surface area is 189 Å². The van der Waals surface area contributed by atoms with Crippen LogP contribution in [0.25, 0.3) is 17.0 Å². The van der Waals surface area contributed by atoms with Crippen molar-refractivity contribution in [2.24, 2.45) is 5.92 Å². The molecule has 0 saturated heterocycles. The van der Waals surface area contributed by atoms with Crippen molar-refractivity contribution in [1.29, 1.82) is 0 Å². The molecule has 33 heavy (non-hydrogen) atoms. The first kappa shape index (κ1) is 19.6. The van der Waals surface area contributed by atoms with Crippen LogP contribution in [0, 0.1) is 12.8 Å². The van der Waals surface area contributed by atoms with Crippen LogP contribution in [0.15, 0.2) is 36.9 Å². The molecule has 0 saturated carbocycles. The van der Waals surface area contributed by atoms with Crippen LogP contribution >= 0.6 is 0 Å². The van der Waals surface area contributed by atoms with Crippen LogP contribution in [-0.4, -0.2) is 48.1 Å². The highest BCUT2D eigenvalue weighted by atomic mass is 16.2. The highest BCUT2D eigenvalue weighted by molar-refractivity contribution is 6.16. The van der Waals surface area contributed by atoms with Crippen molar-refractivity contribution in [2.45, 2.75) is 32.6 Å². The van der Waals surface area contributed by atoms with E-state index in [0.29, 0.717) is 40.6 Å². The quantitative estimate of drug-likeness (QED) is 0.503. The standard InChI is InChI=1S/C23H22N8O2/c1-12(2)9-30-15-7-5-4-6-14(15)23(22(30)33)8-16(32)28-20-17(23)13(3)29-31(20)21-18-19(25-10-24-18)26-11-27-21/h4-7,10-12H,8-9H2,1-3H3,(H,28,32)(H,24,25,26,27)/t23-/m1/s1. The second kappa shape index (κ2) is 6.71. The van der Waals surface area contributed by atoms with Gasteiger partial charge in [0.05, 0.1) is 12.0 Å². The monoisotopic (exact) mass is 442 g/mol. The van der Waals surface area contributed by atoms with Crippen LogP contribution < -0.4 is 10.2 Å². The van der Waals surface area contributed by atoms with Gasteiger partial charge in [-0.1, -0.05) is 32.0 Å². The second-order valence-electron chi connectivity index (χ2n) is 8.98. The number of imidazole rings is 1. The van der Waals surface area contributed by atoms with Gasteiger partial charge in [-0.05, 0) is 24.5 Å². The fourth-order valence-electron chi connectivity index (χ4n) is 5.21. The Balaban J connectivity index is 1.64. The summed E-state index contributed by atoms with van der Waals surface area (Å²) in [7, 11) is 0. The number of aromatic amines is 1. The van der Waals surface area contributed by atoms with Crippen molar-refractivity contribution in [1.82, 2.24) is 29.7 Å². The Morgan fingerprint density at radius 3 is 2.79 bits per heavy atom. The molecule has 2 amide bonds. The first-order chi connectivity index (χ1) is 15.9. The number of aromatic nitrogens is 6. The molecule has 2 aliphatic heterocycles. The molecule has 5 heterocycles. The minimum absolute atomic E-state index is 0.0280. The molecule has 0 radical (unpaired) electrons. The lowest BCUT2D eigenvalue weighted by molar-refractivity contribution is -0.126. The van der Waals surface area contributed by atoms with Crippen LogP contribution in [-0.2, 0) is 15.0 Å². The number of nitrogens with one attached hydrogen (secondary N) is 2. The van der Waals surface area contributed by atoms with E-state index in [2.05, 4.69) is 39.1 Å². The maximum Gasteiger partial charge on any atom is 0.242 e. The minimum Gasteiger partial charge on any atom is -0.340 e. The molecule has 0 aliphatic carbocycles. The third-order valence-electron chi connectivity index (χ3n) is 6.39. The number of para-hydroxylation sites is 1. The highest BCUT2D eigenvalue weighted by Crippen LogP contribution is 2.53. The van der Waals surface area contributed by atoms with E-state index in [4.69, 9.17) is 5.10 Å². The summed E-state index contributed by atoms with van der Waals surface area (Å²) in [5, 5.41) is 7.69. The Kier molecular flexibility index (Phi) is 3.98. The summed E-state index contributed by atoms with van der Waals surface area (Å²) in [5.74, 6) is 0.844. The molecule has 166 valence electrons. The number of amides is 2. The van der Waals surface area contributed by atoms with Gasteiger partial charge in [-0.3, -0.25) is 9.59 Å². The topological polar surface area (TPSA) is 122 Å². The average molecular weight is 442 g/mol. The molecule has 10 heteroatoms. The summed E-state index contributed by atoms with van der Waals surface area (Å²) in [6, 6.07) is 7.74. The number of fused-ring (bicyclic) bond motifs is 5. The fourth-order valence-corrected chi connectivity index (χ4v) is 5.21. The third kappa shape index (κ3) is 2.54. The van der Waals surface area contributed by atoms with Gasteiger partial charge in [-0.25, -0.2) is 15.0 Å². The molecule has 10 nitrogen and oxygen atoms in total. The lowest BCUT2D eigenvalue weighted by Crippen LogP contribution is -2.47. The van der Waals surface area contributed by atoms with Crippen LogP contribution in [0.5, 0.6) is 0 Å². The number of nitrogens with zero attached hydrogens (tertiary/aromatic N) is 6. The summed E-state index contributed by atoms with van der Waals surface area (Å²) < 4.78 is 1.58. The van der Waals surface area contributed by atoms with Crippen molar-refractivity contribution in [3.63, 3.8) is 0 Å². The Bertz CT molecular complexity index is 1450. The number of hydrogen-bond donors (Lipinski definition) is 2. The largest absolute Gasteiger partial charge is 0.340 e. The first-order valence-electron chi connectivity index (χ1n) is 10.9. The van der Waals surface area contributed by atoms with E-state index in [9.17, 15) is 9.59 Å². The molecule has 1 spiro atoms. The van der Waals surface area contributed by atoms with Crippen molar-refractivity contribution >= 4 is 34.5 Å². The Hall–Kier alpha value is -4.08. The van der Waals surface area contributed by atoms with E-state index < -0.39 is 5.41 Å². The molecule has 0 bridgehead atoms. The van der Waals surface area contributed by atoms with Crippen LogP contribution in [0.4, 0.5) is 11.5 Å². The molecular formula is C23H22N8O2. The molecule has 4 aromatic rings. The fraction of sp³-hybridized carbons (Fsp3) is 0.304. The van der Waals surface area contributed by atoms with Gasteiger partial charge in [0, 0.05) is 24.2 Å². The lowest BCUT2D eigenvalue weighted by Gasteiger charge is -2.33. The predicted octanol–water partition coefficient (Wildman–Crippen LogP) is 2.48. The van der Waals surface area contributed by atoms with Crippen molar-refractivity contribution < 1.29 is 9.59 Å². The minimum atomic E-state index is -1.13. The molecule has 2 aliphatic rings. The number of carbonyl (C=O) groups is 2. The number of rotatable bonds is 3. The SMILES string of the molecule is Cc1nn(-c2ncnc3nc[nH]c23)c2c1[C@]1(CC(=O)N2)C(=O)N(CC(C)C)c2ccccc21. The molecule has 3 aromatic heterocycles. The maximum atomic E-state index is 14.1. The van der Waals surface area contributed by atoms with Gasteiger partial charge in [0.15, 0.2) is 11.5 Å². The number of benzene rings is 1. The predicted molar refractivity (Wildman–Crippen MR) is 121 cm³/mol. The molecular weight excluding hydrogens is 420 g/mol. The van der Waals surface area contributed by atoms with E-state index >= 15 is 0 Å². The molecule has 2 N–H and O–H groups in total. The van der Waals surface area contributed by atoms with E-state index in [1.54, 1.807) is 4.68 Å². The van der Waals surface area contributed by atoms with Gasteiger partial charge in [0.2, 0.25) is 11.8 Å². The highest BCUT2D eigenvalue weighted by Gasteiger charge is 2.58. The molecule has 1 aromatic carbocycles. The van der Waals surface area contributed by atoms with Crippen LogP contribution in [0.2, 0.25) is 0 Å². The number of anilines is 2. The number of hydrogen-bond acceptors (Lipinski definition) is 6. The first-order valence-corrected chi connectivity index (χ1v) is 10.9.